The van der Waals surface area contributed by atoms with Crippen molar-refractivity contribution in [1.82, 2.24) is 19.9 Å². The molecular weight excluding hydrogens is 633 g/mol. The van der Waals surface area contributed by atoms with Crippen LogP contribution < -0.4 is 0 Å². The van der Waals surface area contributed by atoms with Crippen LogP contribution in [0.2, 0.25) is 0 Å². The van der Waals surface area contributed by atoms with Crippen LogP contribution in [0.1, 0.15) is 0 Å². The molecule has 0 spiro atoms. The summed E-state index contributed by atoms with van der Waals surface area (Å²) in [6.07, 6.45) is 0. The van der Waals surface area contributed by atoms with Gasteiger partial charge in [-0.05, 0) is 46.2 Å². The summed E-state index contributed by atoms with van der Waals surface area (Å²) in [6.45, 7) is 0. The van der Waals surface area contributed by atoms with Crippen LogP contribution in [0.15, 0.2) is 162 Å². The van der Waals surface area contributed by atoms with Crippen molar-refractivity contribution in [2.75, 3.05) is 0 Å². The van der Waals surface area contributed by atoms with Crippen molar-refractivity contribution in [3.05, 3.63) is 158 Å². The number of hydrogen-bond acceptors (Lipinski definition) is 6. The van der Waals surface area contributed by atoms with Crippen LogP contribution in [0.5, 0.6) is 0 Å². The molecule has 50 heavy (non-hydrogen) atoms. The average molecular weight is 659 g/mol. The molecule has 0 aliphatic rings. The number of nitrogens with zero attached hydrogens (tertiary/aromatic N) is 4. The summed E-state index contributed by atoms with van der Waals surface area (Å²) >= 11 is 1.67. The first kappa shape index (κ1) is 28.5. The quantitative estimate of drug-likeness (QED) is 0.184. The van der Waals surface area contributed by atoms with Gasteiger partial charge in [0.25, 0.3) is 0 Å². The number of benzene rings is 7. The van der Waals surface area contributed by atoms with Gasteiger partial charge in [-0.15, -0.1) is 11.3 Å². The van der Waals surface area contributed by atoms with Crippen LogP contribution in [0.3, 0.4) is 0 Å². The van der Waals surface area contributed by atoms with E-state index in [4.69, 9.17) is 24.4 Å². The van der Waals surface area contributed by atoms with Crippen LogP contribution in [-0.2, 0) is 0 Å². The van der Waals surface area contributed by atoms with Gasteiger partial charge in [0, 0.05) is 39.1 Å². The van der Waals surface area contributed by atoms with E-state index in [-0.39, 0.29) is 0 Å². The third-order valence-electron chi connectivity index (χ3n) is 9.14. The first-order valence-corrected chi connectivity index (χ1v) is 17.3. The largest absolute Gasteiger partial charge is 0.456 e. The predicted molar refractivity (Wildman–Crippen MR) is 205 cm³/mol. The molecule has 0 fully saturated rings. The average Bonchev–Trinajstić information content (AvgIpc) is 3.78. The van der Waals surface area contributed by atoms with E-state index in [1.54, 1.807) is 11.3 Å². The monoisotopic (exact) mass is 658 g/mol. The van der Waals surface area contributed by atoms with Crippen molar-refractivity contribution < 1.29 is 4.42 Å². The molecule has 3 aromatic heterocycles. The fourth-order valence-electron chi connectivity index (χ4n) is 6.68. The van der Waals surface area contributed by atoms with E-state index in [9.17, 15) is 0 Å². The minimum atomic E-state index is 0.587. The van der Waals surface area contributed by atoms with Crippen molar-refractivity contribution >= 4 is 54.3 Å². The third kappa shape index (κ3) is 4.93. The van der Waals surface area contributed by atoms with Gasteiger partial charge in [-0.2, -0.15) is 0 Å². The second-order valence-corrected chi connectivity index (χ2v) is 13.3. The molecule has 0 saturated carbocycles. The van der Waals surface area contributed by atoms with Gasteiger partial charge in [-0.1, -0.05) is 127 Å². The van der Waals surface area contributed by atoms with Gasteiger partial charge in [-0.3, -0.25) is 0 Å². The van der Waals surface area contributed by atoms with Crippen molar-refractivity contribution in [2.24, 2.45) is 0 Å². The summed E-state index contributed by atoms with van der Waals surface area (Å²) in [5.41, 5.74) is 8.70. The van der Waals surface area contributed by atoms with Crippen molar-refractivity contribution in [2.45, 2.75) is 0 Å². The van der Waals surface area contributed by atoms with Gasteiger partial charge in [-0.25, -0.2) is 19.9 Å². The number of rotatable bonds is 5. The SMILES string of the molecule is c1ccc(-c2ccc3ccc(-c4nc(-c5ccccc5)nc(-c5cccc6oc7cc8sc(-c9ccccc9)nc8cc7c56)n4)cc3c2)cc1. The Bertz CT molecular complexity index is 2860. The van der Waals surface area contributed by atoms with Gasteiger partial charge in [0.15, 0.2) is 17.5 Å². The number of fused-ring (bicyclic) bond motifs is 5. The Morgan fingerprint density at radius 1 is 0.420 bits per heavy atom. The maximum absolute atomic E-state index is 6.47. The van der Waals surface area contributed by atoms with E-state index in [0.717, 1.165) is 70.2 Å². The van der Waals surface area contributed by atoms with Crippen LogP contribution in [0.25, 0.3) is 98.8 Å². The van der Waals surface area contributed by atoms with E-state index in [2.05, 4.69) is 91.0 Å². The lowest BCUT2D eigenvalue weighted by Crippen LogP contribution is -2.00. The molecule has 0 saturated heterocycles. The summed E-state index contributed by atoms with van der Waals surface area (Å²) in [4.78, 5) is 20.3. The number of hydrogen-bond donors (Lipinski definition) is 0. The van der Waals surface area contributed by atoms with E-state index in [1.807, 2.05) is 66.7 Å². The van der Waals surface area contributed by atoms with E-state index in [1.165, 1.54) is 11.1 Å². The van der Waals surface area contributed by atoms with E-state index in [0.29, 0.717) is 17.5 Å². The zero-order chi connectivity index (χ0) is 33.0. The standard InChI is InChI=1S/C44H26N4OS/c1-4-11-27(12-5-1)31-21-19-28-20-22-32(24-33(28)23-31)42-46-41(29-13-6-2-7-14-29)47-43(48-42)34-17-10-18-37-40(34)35-25-36-39(26-38(35)49-37)50-44(45-36)30-15-8-3-9-16-30/h1-26H. The van der Waals surface area contributed by atoms with Crippen LogP contribution in [-0.4, -0.2) is 19.9 Å². The highest BCUT2D eigenvalue weighted by atomic mass is 32.1. The Morgan fingerprint density at radius 2 is 1.06 bits per heavy atom. The van der Waals surface area contributed by atoms with E-state index >= 15 is 0 Å². The number of aromatic nitrogens is 4. The van der Waals surface area contributed by atoms with Crippen LogP contribution >= 0.6 is 11.3 Å². The summed E-state index contributed by atoms with van der Waals surface area (Å²) < 4.78 is 7.55. The van der Waals surface area contributed by atoms with Gasteiger partial charge in [0.2, 0.25) is 0 Å². The lowest BCUT2D eigenvalue weighted by molar-refractivity contribution is 0.669. The number of thiazole rings is 1. The van der Waals surface area contributed by atoms with Gasteiger partial charge < -0.3 is 4.42 Å². The highest BCUT2D eigenvalue weighted by Crippen LogP contribution is 2.40. The Labute approximate surface area is 291 Å². The minimum absolute atomic E-state index is 0.587. The smallest absolute Gasteiger partial charge is 0.164 e. The summed E-state index contributed by atoms with van der Waals surface area (Å²) in [5.74, 6) is 1.81. The molecule has 0 atom stereocenters. The first-order chi connectivity index (χ1) is 24.7. The molecule has 10 rings (SSSR count). The Balaban J connectivity index is 1.16. The molecule has 0 aliphatic heterocycles. The fourth-order valence-corrected chi connectivity index (χ4v) is 7.66. The van der Waals surface area contributed by atoms with Crippen molar-refractivity contribution in [3.8, 4) is 55.9 Å². The first-order valence-electron chi connectivity index (χ1n) is 16.5. The van der Waals surface area contributed by atoms with Gasteiger partial charge >= 0.3 is 0 Å². The fraction of sp³-hybridized carbons (Fsp3) is 0. The molecule has 0 amide bonds. The maximum Gasteiger partial charge on any atom is 0.164 e. The molecule has 10 aromatic rings. The highest BCUT2D eigenvalue weighted by Gasteiger charge is 2.19. The molecular formula is C44H26N4OS. The molecule has 0 radical (unpaired) electrons. The molecule has 3 heterocycles. The second-order valence-electron chi connectivity index (χ2n) is 12.3. The Kier molecular flexibility index (Phi) is 6.60. The molecule has 0 N–H and O–H groups in total. The highest BCUT2D eigenvalue weighted by molar-refractivity contribution is 7.21. The second kappa shape index (κ2) is 11.6. The normalized spacial score (nSPS) is 11.6. The molecule has 0 bridgehead atoms. The summed E-state index contributed by atoms with van der Waals surface area (Å²) in [6, 6.07) is 54.1. The molecule has 5 nitrogen and oxygen atoms in total. The minimum Gasteiger partial charge on any atom is -0.456 e. The zero-order valence-corrected chi connectivity index (χ0v) is 27.4. The topological polar surface area (TPSA) is 64.7 Å². The lowest BCUT2D eigenvalue weighted by Gasteiger charge is -2.10. The molecule has 0 unspecified atom stereocenters. The van der Waals surface area contributed by atoms with Crippen molar-refractivity contribution in [3.63, 3.8) is 0 Å². The van der Waals surface area contributed by atoms with Gasteiger partial charge in [0.05, 0.1) is 10.2 Å². The third-order valence-corrected chi connectivity index (χ3v) is 10.2. The van der Waals surface area contributed by atoms with Crippen LogP contribution in [0.4, 0.5) is 0 Å². The number of furan rings is 1. The Morgan fingerprint density at radius 3 is 1.82 bits per heavy atom. The summed E-state index contributed by atoms with van der Waals surface area (Å²) in [7, 11) is 0. The zero-order valence-electron chi connectivity index (χ0n) is 26.6. The molecule has 6 heteroatoms. The summed E-state index contributed by atoms with van der Waals surface area (Å²) in [5, 5.41) is 5.21. The Hall–Kier alpha value is -6.50. The van der Waals surface area contributed by atoms with Crippen LogP contribution in [0, 0.1) is 0 Å². The van der Waals surface area contributed by atoms with Gasteiger partial charge in [0.1, 0.15) is 16.2 Å². The predicted octanol–water partition coefficient (Wildman–Crippen LogP) is 11.9. The van der Waals surface area contributed by atoms with Crippen molar-refractivity contribution in [1.29, 1.82) is 0 Å². The molecule has 7 aromatic carbocycles. The molecule has 234 valence electrons. The lowest BCUT2D eigenvalue weighted by atomic mass is 9.99. The maximum atomic E-state index is 6.47. The molecule has 0 aliphatic carbocycles. The van der Waals surface area contributed by atoms with E-state index < -0.39 is 0 Å².